The van der Waals surface area contributed by atoms with Gasteiger partial charge >= 0.3 is 21.7 Å². The molecule has 1 nitrogen and oxygen atoms in total. The second kappa shape index (κ2) is 15.8. The van der Waals surface area contributed by atoms with E-state index in [1.165, 1.54) is 60.8 Å². The minimum absolute atomic E-state index is 0. The average molecular weight is 368 g/mol. The van der Waals surface area contributed by atoms with E-state index in [1.807, 2.05) is 0 Å². The third-order valence-electron chi connectivity index (χ3n) is 4.53. The first kappa shape index (κ1) is 25.5. The Labute approximate surface area is 163 Å². The van der Waals surface area contributed by atoms with Crippen molar-refractivity contribution in [2.45, 2.75) is 98.2 Å². The second-order valence-corrected chi connectivity index (χ2v) is 7.89. The smallest absolute Gasteiger partial charge is 0.675 e. The van der Waals surface area contributed by atoms with Gasteiger partial charge < -0.3 is 5.73 Å². The first-order chi connectivity index (χ1) is 10.4. The van der Waals surface area contributed by atoms with Crippen LogP contribution in [0, 0.1) is 27.7 Å². The van der Waals surface area contributed by atoms with Gasteiger partial charge in [0.25, 0.3) is 0 Å². The summed E-state index contributed by atoms with van der Waals surface area (Å²) in [6.45, 7) is 13.1. The van der Waals surface area contributed by atoms with Crippen molar-refractivity contribution in [1.82, 2.24) is 0 Å². The quantitative estimate of drug-likeness (QED) is 0.359. The fourth-order valence-corrected chi connectivity index (χ4v) is 2.77. The molecule has 0 unspecified atom stereocenters. The molecule has 2 rings (SSSR count). The van der Waals surface area contributed by atoms with Crippen LogP contribution in [0.15, 0.2) is 6.07 Å². The normalized spacial score (nSPS) is 15.6. The maximum absolute atomic E-state index is 7.61. The molecule has 1 saturated carbocycles. The van der Waals surface area contributed by atoms with Gasteiger partial charge in [-0.2, -0.15) is 28.3 Å². The standard InChI is InChI=1S/C9H18N.C9H13.C2H7Si.Ti/c10-9-7-5-3-1-2-4-6-8-9;1-6-5-7(2)9(4)8(6)3;1-3-2;/h9-10H,1-8H2;5H,1-4H3;3H,1-2H3;/q2*-1;;+2. The summed E-state index contributed by atoms with van der Waals surface area (Å²) < 4.78 is 0. The molecule has 0 spiro atoms. The molecule has 3 heteroatoms. The largest absolute Gasteiger partial charge is 2.00 e. The average Bonchev–Trinajstić information content (AvgIpc) is 2.77. The van der Waals surface area contributed by atoms with Gasteiger partial charge in [0, 0.05) is 9.52 Å². The molecule has 0 aliphatic heterocycles. The molecule has 1 aliphatic carbocycles. The molecule has 1 aliphatic rings. The Balaban J connectivity index is 0. The van der Waals surface area contributed by atoms with Gasteiger partial charge in [-0.15, -0.1) is 6.04 Å². The van der Waals surface area contributed by atoms with Gasteiger partial charge in [-0.25, -0.2) is 0 Å². The summed E-state index contributed by atoms with van der Waals surface area (Å²) in [5.41, 5.74) is 13.4. The molecule has 1 radical (unpaired) electrons. The van der Waals surface area contributed by atoms with E-state index in [4.69, 9.17) is 5.73 Å². The van der Waals surface area contributed by atoms with E-state index in [9.17, 15) is 0 Å². The molecule has 23 heavy (non-hydrogen) atoms. The van der Waals surface area contributed by atoms with Crippen LogP contribution in [-0.4, -0.2) is 15.6 Å². The zero-order valence-electron chi connectivity index (χ0n) is 16.4. The van der Waals surface area contributed by atoms with Gasteiger partial charge in [0.2, 0.25) is 0 Å². The first-order valence-corrected chi connectivity index (χ1v) is 11.4. The number of aryl methyl sites for hydroxylation is 2. The van der Waals surface area contributed by atoms with E-state index >= 15 is 0 Å². The number of rotatable bonds is 0. The fourth-order valence-electron chi connectivity index (χ4n) is 2.77. The van der Waals surface area contributed by atoms with Crippen molar-refractivity contribution in [3.05, 3.63) is 34.1 Å². The molecule has 1 aromatic rings. The van der Waals surface area contributed by atoms with Gasteiger partial charge in [0.1, 0.15) is 0 Å². The third-order valence-corrected chi connectivity index (χ3v) is 4.53. The van der Waals surface area contributed by atoms with Crippen LogP contribution in [0.25, 0.3) is 5.73 Å². The van der Waals surface area contributed by atoms with E-state index in [0.717, 1.165) is 22.4 Å². The Hall–Kier alpha value is 0.241. The van der Waals surface area contributed by atoms with Crippen molar-refractivity contribution in [2.24, 2.45) is 0 Å². The minimum Gasteiger partial charge on any atom is -0.675 e. The minimum atomic E-state index is 0. The Bertz CT molecular complexity index is 355. The van der Waals surface area contributed by atoms with Crippen molar-refractivity contribution in [3.63, 3.8) is 0 Å². The van der Waals surface area contributed by atoms with Crippen molar-refractivity contribution < 1.29 is 21.7 Å². The molecule has 0 heterocycles. The summed E-state index contributed by atoms with van der Waals surface area (Å²) in [6.07, 6.45) is 10.5. The van der Waals surface area contributed by atoms with E-state index in [0.29, 0.717) is 0 Å². The Morgan fingerprint density at radius 3 is 1.61 bits per heavy atom. The molecule has 1 fully saturated rings. The number of hydrogen-bond donors (Lipinski definition) is 0. The van der Waals surface area contributed by atoms with Crippen molar-refractivity contribution in [3.8, 4) is 0 Å². The summed E-state index contributed by atoms with van der Waals surface area (Å²) in [6, 6.07) is 2.50. The molecular weight excluding hydrogens is 330 g/mol. The van der Waals surface area contributed by atoms with Crippen LogP contribution in [0.2, 0.25) is 13.1 Å². The van der Waals surface area contributed by atoms with Gasteiger partial charge in [-0.1, -0.05) is 92.2 Å². The Kier molecular flexibility index (Phi) is 17.4. The zero-order valence-corrected chi connectivity index (χ0v) is 19.1. The maximum Gasteiger partial charge on any atom is 2.00 e. The monoisotopic (exact) mass is 368 g/mol. The van der Waals surface area contributed by atoms with Gasteiger partial charge in [0.05, 0.1) is 0 Å². The van der Waals surface area contributed by atoms with Crippen LogP contribution in [0.3, 0.4) is 0 Å². The van der Waals surface area contributed by atoms with Gasteiger partial charge in [-0.3, -0.25) is 0 Å². The van der Waals surface area contributed by atoms with Crippen molar-refractivity contribution in [2.75, 3.05) is 0 Å². The third kappa shape index (κ3) is 12.3. The van der Waals surface area contributed by atoms with Crippen LogP contribution < -0.4 is 0 Å². The predicted molar refractivity (Wildman–Crippen MR) is 105 cm³/mol. The van der Waals surface area contributed by atoms with E-state index < -0.39 is 0 Å². The molecular formula is C20H38NSiTi. The van der Waals surface area contributed by atoms with Crippen molar-refractivity contribution in [1.29, 1.82) is 0 Å². The summed E-state index contributed by atoms with van der Waals surface area (Å²) >= 11 is 0. The molecule has 1 aromatic carbocycles. The van der Waals surface area contributed by atoms with Crippen LogP contribution in [0.4, 0.5) is 0 Å². The first-order valence-electron chi connectivity index (χ1n) is 9.09. The molecule has 0 bridgehead atoms. The Morgan fingerprint density at radius 2 is 1.35 bits per heavy atom. The van der Waals surface area contributed by atoms with Crippen LogP contribution >= 0.6 is 0 Å². The summed E-state index contributed by atoms with van der Waals surface area (Å²) in [4.78, 5) is 0. The van der Waals surface area contributed by atoms with E-state index in [2.05, 4.69) is 46.9 Å². The van der Waals surface area contributed by atoms with Crippen LogP contribution in [-0.2, 0) is 21.7 Å². The molecule has 0 amide bonds. The summed E-state index contributed by atoms with van der Waals surface area (Å²) in [5.74, 6) is 0. The SMILES string of the molecule is C[SiH]C.Cc1c[c-](C)c(C)c1C.[NH-]C1CCCCCCCC1.[Ti+2]. The zero-order chi connectivity index (χ0) is 17.0. The van der Waals surface area contributed by atoms with Crippen molar-refractivity contribution >= 4 is 9.52 Å². The van der Waals surface area contributed by atoms with E-state index in [-0.39, 0.29) is 27.8 Å². The topological polar surface area (TPSA) is 23.8 Å². The number of nitrogens with one attached hydrogen (secondary N) is 1. The fraction of sp³-hybridized carbons (Fsp3) is 0.750. The molecule has 0 atom stereocenters. The van der Waals surface area contributed by atoms with Gasteiger partial charge in [0.15, 0.2) is 0 Å². The Morgan fingerprint density at radius 1 is 0.957 bits per heavy atom. The van der Waals surface area contributed by atoms with E-state index in [1.54, 1.807) is 0 Å². The van der Waals surface area contributed by atoms with Crippen LogP contribution in [0.1, 0.15) is 73.6 Å². The second-order valence-electron chi connectivity index (χ2n) is 6.73. The molecule has 0 aromatic heterocycles. The summed E-state index contributed by atoms with van der Waals surface area (Å²) in [5, 5.41) is 0. The maximum atomic E-state index is 7.61. The molecule has 0 saturated heterocycles. The molecule has 1 N–H and O–H groups in total. The van der Waals surface area contributed by atoms with Gasteiger partial charge in [-0.05, 0) is 0 Å². The summed E-state index contributed by atoms with van der Waals surface area (Å²) in [7, 11) is 0.750. The predicted octanol–water partition coefficient (Wildman–Crippen LogP) is 6.70. The molecule has 131 valence electrons. The van der Waals surface area contributed by atoms with Crippen LogP contribution in [0.5, 0.6) is 0 Å². The number of hydrogen-bond acceptors (Lipinski definition) is 0.